The van der Waals surface area contributed by atoms with Crippen LogP contribution in [0, 0.1) is 5.92 Å². The van der Waals surface area contributed by atoms with E-state index < -0.39 is 0 Å². The minimum absolute atomic E-state index is 0.584. The van der Waals surface area contributed by atoms with Crippen LogP contribution in [0.15, 0.2) is 18.3 Å². The summed E-state index contributed by atoms with van der Waals surface area (Å²) in [6, 6.07) is 3.66. The van der Waals surface area contributed by atoms with Gasteiger partial charge in [0.15, 0.2) is 0 Å². The number of halogens is 2. The molecule has 0 aliphatic rings. The van der Waals surface area contributed by atoms with Crippen molar-refractivity contribution in [2.75, 3.05) is 17.7 Å². The lowest BCUT2D eigenvalue weighted by atomic mass is 10.0. The summed E-state index contributed by atoms with van der Waals surface area (Å²) in [5.41, 5.74) is 0. The first-order valence-corrected chi connectivity index (χ1v) is 6.09. The molecular formula is C11H16Cl2N2. The maximum Gasteiger partial charge on any atom is 0.144 e. The maximum atomic E-state index is 5.98. The Hall–Kier alpha value is -0.470. The highest BCUT2D eigenvalue weighted by atomic mass is 35.5. The number of rotatable bonds is 6. The molecule has 4 heteroatoms. The van der Waals surface area contributed by atoms with Crippen LogP contribution in [0.25, 0.3) is 0 Å². The molecule has 0 spiro atoms. The summed E-state index contributed by atoms with van der Waals surface area (Å²) in [6.45, 7) is 3.04. The van der Waals surface area contributed by atoms with E-state index in [9.17, 15) is 0 Å². The summed E-state index contributed by atoms with van der Waals surface area (Å²) in [4.78, 5) is 4.17. The summed E-state index contributed by atoms with van der Waals surface area (Å²) in [7, 11) is 0. The van der Waals surface area contributed by atoms with Gasteiger partial charge in [-0.1, -0.05) is 24.9 Å². The fraction of sp³-hybridized carbons (Fsp3) is 0.545. The van der Waals surface area contributed by atoms with Crippen molar-refractivity contribution in [1.29, 1.82) is 0 Å². The maximum absolute atomic E-state index is 5.98. The number of nitrogens with zero attached hydrogens (tertiary/aromatic N) is 1. The Labute approximate surface area is 101 Å². The Bertz CT molecular complexity index is 292. The van der Waals surface area contributed by atoms with Gasteiger partial charge in [0.1, 0.15) is 5.82 Å². The van der Waals surface area contributed by atoms with Gasteiger partial charge in [0.2, 0.25) is 0 Å². The average molecular weight is 247 g/mol. The van der Waals surface area contributed by atoms with E-state index in [0.717, 1.165) is 25.2 Å². The molecule has 1 N–H and O–H groups in total. The van der Waals surface area contributed by atoms with Gasteiger partial charge in [-0.3, -0.25) is 0 Å². The molecule has 0 bridgehead atoms. The zero-order valence-corrected chi connectivity index (χ0v) is 10.4. The van der Waals surface area contributed by atoms with Crippen LogP contribution in [0.1, 0.15) is 19.8 Å². The highest BCUT2D eigenvalue weighted by Gasteiger charge is 2.06. The fourth-order valence-electron chi connectivity index (χ4n) is 1.36. The predicted octanol–water partition coefficient (Wildman–Crippen LogP) is 3.80. The second kappa shape index (κ2) is 6.91. The highest BCUT2D eigenvalue weighted by Crippen LogP contribution is 2.18. The fourth-order valence-corrected chi connectivity index (χ4v) is 1.86. The van der Waals surface area contributed by atoms with Crippen LogP contribution in [0.4, 0.5) is 5.82 Å². The molecule has 1 unspecified atom stereocenters. The van der Waals surface area contributed by atoms with Gasteiger partial charge in [-0.25, -0.2) is 4.98 Å². The van der Waals surface area contributed by atoms with E-state index in [1.54, 1.807) is 6.20 Å². The van der Waals surface area contributed by atoms with Crippen molar-refractivity contribution in [2.45, 2.75) is 19.8 Å². The monoisotopic (exact) mass is 246 g/mol. The number of hydrogen-bond acceptors (Lipinski definition) is 2. The molecule has 0 amide bonds. The third-order valence-corrected chi connectivity index (χ3v) is 2.93. The number of alkyl halides is 1. The molecule has 0 aliphatic carbocycles. The summed E-state index contributed by atoms with van der Waals surface area (Å²) >= 11 is 11.7. The molecule has 0 aromatic carbocycles. The summed E-state index contributed by atoms with van der Waals surface area (Å²) in [5, 5.41) is 3.91. The molecule has 15 heavy (non-hydrogen) atoms. The quantitative estimate of drug-likeness (QED) is 0.773. The number of nitrogens with one attached hydrogen (secondary N) is 1. The molecule has 2 nitrogen and oxygen atoms in total. The molecule has 0 saturated heterocycles. The lowest BCUT2D eigenvalue weighted by Gasteiger charge is -2.14. The van der Waals surface area contributed by atoms with E-state index in [0.29, 0.717) is 16.8 Å². The molecule has 1 atom stereocenters. The predicted molar refractivity (Wildman–Crippen MR) is 66.9 cm³/mol. The molecule has 1 heterocycles. The molecule has 0 radical (unpaired) electrons. The normalized spacial score (nSPS) is 12.5. The average Bonchev–Trinajstić information content (AvgIpc) is 2.26. The lowest BCUT2D eigenvalue weighted by Crippen LogP contribution is -2.15. The van der Waals surface area contributed by atoms with Crippen molar-refractivity contribution in [3.8, 4) is 0 Å². The van der Waals surface area contributed by atoms with E-state index in [1.807, 2.05) is 12.1 Å². The molecule has 0 fully saturated rings. The molecule has 1 rings (SSSR count). The SMILES string of the molecule is CCC(CCCl)CNc1ncccc1Cl. The largest absolute Gasteiger partial charge is 0.369 e. The second-order valence-electron chi connectivity index (χ2n) is 3.47. The standard InChI is InChI=1S/C11H16Cl2N2/c1-2-9(5-6-12)8-15-11-10(13)4-3-7-14-11/h3-4,7,9H,2,5-6,8H2,1H3,(H,14,15). The molecule has 1 aromatic rings. The topological polar surface area (TPSA) is 24.9 Å². The molecular weight excluding hydrogens is 231 g/mol. The van der Waals surface area contributed by atoms with Gasteiger partial charge in [-0.2, -0.15) is 0 Å². The molecule has 0 aliphatic heterocycles. The second-order valence-corrected chi connectivity index (χ2v) is 4.25. The van der Waals surface area contributed by atoms with Gasteiger partial charge in [-0.05, 0) is 24.5 Å². The van der Waals surface area contributed by atoms with E-state index in [2.05, 4.69) is 17.2 Å². The van der Waals surface area contributed by atoms with Crippen LogP contribution in [0.2, 0.25) is 5.02 Å². The van der Waals surface area contributed by atoms with E-state index >= 15 is 0 Å². The summed E-state index contributed by atoms with van der Waals surface area (Å²) in [6.07, 6.45) is 3.87. The molecule has 84 valence electrons. The molecule has 1 aromatic heterocycles. The minimum Gasteiger partial charge on any atom is -0.369 e. The Morgan fingerprint density at radius 3 is 2.93 bits per heavy atom. The van der Waals surface area contributed by atoms with Crippen molar-refractivity contribution in [1.82, 2.24) is 4.98 Å². The van der Waals surface area contributed by atoms with Crippen molar-refractivity contribution in [3.63, 3.8) is 0 Å². The Balaban J connectivity index is 2.45. The smallest absolute Gasteiger partial charge is 0.144 e. The van der Waals surface area contributed by atoms with Crippen LogP contribution in [0.5, 0.6) is 0 Å². The Kier molecular flexibility index (Phi) is 5.81. The zero-order valence-electron chi connectivity index (χ0n) is 8.84. The van der Waals surface area contributed by atoms with E-state index in [1.165, 1.54) is 0 Å². The van der Waals surface area contributed by atoms with Crippen molar-refractivity contribution < 1.29 is 0 Å². The summed E-state index contributed by atoms with van der Waals surface area (Å²) < 4.78 is 0. The van der Waals surface area contributed by atoms with Gasteiger partial charge in [0, 0.05) is 18.6 Å². The van der Waals surface area contributed by atoms with E-state index in [-0.39, 0.29) is 0 Å². The highest BCUT2D eigenvalue weighted by molar-refractivity contribution is 6.32. The lowest BCUT2D eigenvalue weighted by molar-refractivity contribution is 0.521. The van der Waals surface area contributed by atoms with Gasteiger partial charge in [0.05, 0.1) is 5.02 Å². The minimum atomic E-state index is 0.584. The van der Waals surface area contributed by atoms with Crippen LogP contribution >= 0.6 is 23.2 Å². The van der Waals surface area contributed by atoms with Crippen LogP contribution in [-0.4, -0.2) is 17.4 Å². The van der Waals surface area contributed by atoms with E-state index in [4.69, 9.17) is 23.2 Å². The van der Waals surface area contributed by atoms with Gasteiger partial charge in [-0.15, -0.1) is 11.6 Å². The molecule has 0 saturated carbocycles. The Morgan fingerprint density at radius 2 is 2.33 bits per heavy atom. The third kappa shape index (κ3) is 4.27. The van der Waals surface area contributed by atoms with Gasteiger partial charge < -0.3 is 5.32 Å². The third-order valence-electron chi connectivity index (χ3n) is 2.41. The Morgan fingerprint density at radius 1 is 1.53 bits per heavy atom. The number of aromatic nitrogens is 1. The first-order chi connectivity index (χ1) is 7.27. The van der Waals surface area contributed by atoms with Crippen LogP contribution in [0.3, 0.4) is 0 Å². The number of pyridine rings is 1. The van der Waals surface area contributed by atoms with Gasteiger partial charge in [0.25, 0.3) is 0 Å². The van der Waals surface area contributed by atoms with Crippen LogP contribution in [-0.2, 0) is 0 Å². The van der Waals surface area contributed by atoms with Gasteiger partial charge >= 0.3 is 0 Å². The van der Waals surface area contributed by atoms with Crippen molar-refractivity contribution >= 4 is 29.0 Å². The summed E-state index contributed by atoms with van der Waals surface area (Å²) in [5.74, 6) is 2.05. The van der Waals surface area contributed by atoms with Crippen molar-refractivity contribution in [3.05, 3.63) is 23.4 Å². The number of hydrogen-bond donors (Lipinski definition) is 1. The first kappa shape index (κ1) is 12.6. The zero-order chi connectivity index (χ0) is 11.1. The number of anilines is 1. The first-order valence-electron chi connectivity index (χ1n) is 5.18. The van der Waals surface area contributed by atoms with Crippen molar-refractivity contribution in [2.24, 2.45) is 5.92 Å². The van der Waals surface area contributed by atoms with Crippen LogP contribution < -0.4 is 5.32 Å².